The highest BCUT2D eigenvalue weighted by molar-refractivity contribution is 5.49. The summed E-state index contributed by atoms with van der Waals surface area (Å²) in [7, 11) is 0. The van der Waals surface area contributed by atoms with E-state index in [4.69, 9.17) is 4.52 Å². The van der Waals surface area contributed by atoms with Crippen molar-refractivity contribution in [1.82, 2.24) is 45.6 Å². The standard InChI is InChI=1S/C9H9N9O/c1-5(2-10-1)18-3-6(14-17-18)9-13-8(16-19-9)7-11-4-12-15-7/h3-5,10H,1-2H2,(H,11,12,15). The highest BCUT2D eigenvalue weighted by atomic mass is 16.5. The minimum atomic E-state index is 0.310. The van der Waals surface area contributed by atoms with E-state index >= 15 is 0 Å². The van der Waals surface area contributed by atoms with Gasteiger partial charge in [-0.2, -0.15) is 10.1 Å². The molecule has 1 saturated heterocycles. The molecule has 19 heavy (non-hydrogen) atoms. The van der Waals surface area contributed by atoms with Gasteiger partial charge < -0.3 is 9.84 Å². The van der Waals surface area contributed by atoms with Crippen LogP contribution in [0.25, 0.3) is 23.2 Å². The maximum absolute atomic E-state index is 5.14. The lowest BCUT2D eigenvalue weighted by atomic mass is 10.2. The predicted molar refractivity (Wildman–Crippen MR) is 60.6 cm³/mol. The molecule has 0 aromatic carbocycles. The minimum Gasteiger partial charge on any atom is -0.332 e. The Hall–Kier alpha value is -2.62. The van der Waals surface area contributed by atoms with Gasteiger partial charge in [-0.25, -0.2) is 9.67 Å². The number of hydrogen-bond donors (Lipinski definition) is 2. The van der Waals surface area contributed by atoms with Crippen molar-refractivity contribution in [3.05, 3.63) is 12.5 Å². The molecule has 2 N–H and O–H groups in total. The number of hydrogen-bond acceptors (Lipinski definition) is 8. The molecule has 4 heterocycles. The third-order valence-electron chi connectivity index (χ3n) is 2.92. The van der Waals surface area contributed by atoms with Crippen LogP contribution in [0.3, 0.4) is 0 Å². The molecule has 0 aliphatic carbocycles. The average molecular weight is 259 g/mol. The monoisotopic (exact) mass is 259 g/mol. The summed E-state index contributed by atoms with van der Waals surface area (Å²) < 4.78 is 6.93. The van der Waals surface area contributed by atoms with Gasteiger partial charge in [0, 0.05) is 13.1 Å². The summed E-state index contributed by atoms with van der Waals surface area (Å²) in [6.07, 6.45) is 3.18. The molecule has 10 nitrogen and oxygen atoms in total. The SMILES string of the molecule is c1n[nH]c(-c2noc(-c3cn(C4CNC4)nn3)n2)n1. The fourth-order valence-corrected chi connectivity index (χ4v) is 1.75. The van der Waals surface area contributed by atoms with Gasteiger partial charge in [0.25, 0.3) is 5.89 Å². The first-order valence-corrected chi connectivity index (χ1v) is 5.72. The van der Waals surface area contributed by atoms with Crippen LogP contribution in [0.5, 0.6) is 0 Å². The third-order valence-corrected chi connectivity index (χ3v) is 2.92. The number of H-pyrrole nitrogens is 1. The first-order chi connectivity index (χ1) is 9.40. The Bertz CT molecular complexity index is 680. The van der Waals surface area contributed by atoms with Crippen molar-refractivity contribution >= 4 is 0 Å². The van der Waals surface area contributed by atoms with Crippen LogP contribution in [0, 0.1) is 0 Å². The summed E-state index contributed by atoms with van der Waals surface area (Å²) in [5.74, 6) is 1.10. The maximum Gasteiger partial charge on any atom is 0.280 e. The highest BCUT2D eigenvalue weighted by Gasteiger charge is 2.22. The lowest BCUT2D eigenvalue weighted by Gasteiger charge is -2.26. The molecule has 0 saturated carbocycles. The van der Waals surface area contributed by atoms with E-state index in [0.29, 0.717) is 29.3 Å². The fourth-order valence-electron chi connectivity index (χ4n) is 1.75. The Kier molecular flexibility index (Phi) is 2.14. The second-order valence-electron chi connectivity index (χ2n) is 4.15. The van der Waals surface area contributed by atoms with E-state index in [2.05, 4.69) is 41.0 Å². The number of nitrogens with zero attached hydrogens (tertiary/aromatic N) is 7. The zero-order valence-electron chi connectivity index (χ0n) is 9.69. The van der Waals surface area contributed by atoms with Crippen LogP contribution in [-0.4, -0.2) is 53.4 Å². The van der Waals surface area contributed by atoms with Crippen molar-refractivity contribution in [3.63, 3.8) is 0 Å². The highest BCUT2D eigenvalue weighted by Crippen LogP contribution is 2.19. The van der Waals surface area contributed by atoms with Crippen LogP contribution in [0.1, 0.15) is 6.04 Å². The zero-order valence-corrected chi connectivity index (χ0v) is 9.69. The zero-order chi connectivity index (χ0) is 12.7. The molecule has 0 bridgehead atoms. The van der Waals surface area contributed by atoms with Gasteiger partial charge in [0.15, 0.2) is 11.5 Å². The number of aromatic nitrogens is 8. The average Bonchev–Trinajstić information content (AvgIpc) is 3.08. The van der Waals surface area contributed by atoms with Crippen LogP contribution in [-0.2, 0) is 0 Å². The van der Waals surface area contributed by atoms with E-state index < -0.39 is 0 Å². The number of aromatic amines is 1. The molecule has 10 heteroatoms. The van der Waals surface area contributed by atoms with Crippen LogP contribution in [0.15, 0.2) is 17.0 Å². The largest absolute Gasteiger partial charge is 0.332 e. The van der Waals surface area contributed by atoms with E-state index in [-0.39, 0.29) is 0 Å². The Morgan fingerprint density at radius 1 is 1.37 bits per heavy atom. The molecule has 3 aromatic heterocycles. The number of nitrogens with one attached hydrogen (secondary N) is 2. The van der Waals surface area contributed by atoms with Crippen LogP contribution in [0.2, 0.25) is 0 Å². The van der Waals surface area contributed by atoms with Gasteiger partial charge >= 0.3 is 0 Å². The molecule has 3 aromatic rings. The molecule has 0 unspecified atom stereocenters. The molecule has 0 radical (unpaired) electrons. The minimum absolute atomic E-state index is 0.310. The molecule has 1 aliphatic rings. The lowest BCUT2D eigenvalue weighted by Crippen LogP contribution is -2.43. The van der Waals surface area contributed by atoms with E-state index in [1.54, 1.807) is 10.9 Å². The summed E-state index contributed by atoms with van der Waals surface area (Å²) in [5, 5.41) is 21.5. The quantitative estimate of drug-likeness (QED) is 0.630. The van der Waals surface area contributed by atoms with Gasteiger partial charge in [0.05, 0.1) is 12.2 Å². The van der Waals surface area contributed by atoms with Crippen molar-refractivity contribution in [1.29, 1.82) is 0 Å². The molecular weight excluding hydrogens is 250 g/mol. The molecule has 1 fully saturated rings. The summed E-state index contributed by atoms with van der Waals surface area (Å²) in [4.78, 5) is 8.14. The van der Waals surface area contributed by atoms with Gasteiger partial charge in [-0.15, -0.1) is 5.10 Å². The molecule has 0 amide bonds. The smallest absolute Gasteiger partial charge is 0.280 e. The van der Waals surface area contributed by atoms with Crippen LogP contribution >= 0.6 is 0 Å². The second kappa shape index (κ2) is 3.95. The number of rotatable bonds is 3. The Balaban J connectivity index is 1.63. The van der Waals surface area contributed by atoms with E-state index in [1.165, 1.54) is 6.33 Å². The van der Waals surface area contributed by atoms with E-state index in [1.807, 2.05) is 0 Å². The molecule has 96 valence electrons. The Morgan fingerprint density at radius 3 is 3.05 bits per heavy atom. The van der Waals surface area contributed by atoms with Crippen LogP contribution in [0.4, 0.5) is 0 Å². The molecule has 0 atom stereocenters. The predicted octanol–water partition coefficient (Wildman–Crippen LogP) is -0.743. The second-order valence-corrected chi connectivity index (χ2v) is 4.15. The van der Waals surface area contributed by atoms with Gasteiger partial charge in [0.2, 0.25) is 5.82 Å². The first-order valence-electron chi connectivity index (χ1n) is 5.72. The molecule has 0 spiro atoms. The van der Waals surface area contributed by atoms with Crippen molar-refractivity contribution in [2.45, 2.75) is 6.04 Å². The van der Waals surface area contributed by atoms with Crippen molar-refractivity contribution in [3.8, 4) is 23.2 Å². The maximum atomic E-state index is 5.14. The molecular formula is C9H9N9O. The Labute approximate surface area is 106 Å². The summed E-state index contributed by atoms with van der Waals surface area (Å²) in [6.45, 7) is 1.80. The normalized spacial score (nSPS) is 15.6. The van der Waals surface area contributed by atoms with Crippen molar-refractivity contribution in [2.24, 2.45) is 0 Å². The molecule has 1 aliphatic heterocycles. The van der Waals surface area contributed by atoms with E-state index in [9.17, 15) is 0 Å². The first kappa shape index (κ1) is 10.3. The summed E-state index contributed by atoms with van der Waals surface area (Å²) in [6, 6.07) is 0.345. The summed E-state index contributed by atoms with van der Waals surface area (Å²) in [5.41, 5.74) is 0.546. The van der Waals surface area contributed by atoms with Crippen molar-refractivity contribution in [2.75, 3.05) is 13.1 Å². The summed E-state index contributed by atoms with van der Waals surface area (Å²) >= 11 is 0. The van der Waals surface area contributed by atoms with E-state index in [0.717, 1.165) is 13.1 Å². The lowest BCUT2D eigenvalue weighted by molar-refractivity contribution is 0.313. The van der Waals surface area contributed by atoms with Gasteiger partial charge in [0.1, 0.15) is 6.33 Å². The van der Waals surface area contributed by atoms with Crippen LogP contribution < -0.4 is 5.32 Å². The third kappa shape index (κ3) is 1.69. The molecule has 4 rings (SSSR count). The van der Waals surface area contributed by atoms with Crippen molar-refractivity contribution < 1.29 is 4.52 Å². The fraction of sp³-hybridized carbons (Fsp3) is 0.333. The van der Waals surface area contributed by atoms with Gasteiger partial charge in [-0.1, -0.05) is 10.4 Å². The van der Waals surface area contributed by atoms with Gasteiger partial charge in [-0.05, 0) is 0 Å². The Morgan fingerprint density at radius 2 is 2.32 bits per heavy atom. The topological polar surface area (TPSA) is 123 Å². The van der Waals surface area contributed by atoms with Gasteiger partial charge in [-0.3, -0.25) is 5.10 Å².